The number of aromatic amines is 1. The Morgan fingerprint density at radius 2 is 2.22 bits per heavy atom. The maximum Gasteiger partial charge on any atom is 0.306 e. The Labute approximate surface area is 132 Å². The number of rotatable bonds is 8. The highest BCUT2D eigenvalue weighted by molar-refractivity contribution is 5.92. The summed E-state index contributed by atoms with van der Waals surface area (Å²) in [6.07, 6.45) is 2.91. The standard InChI is InChI=1S/C14H18N6O3/c1-2-3-4-13(21)23-11(7-12-17-19-20-18-12)10-6-5-9(8-16-10)14(15)22/h5-6,8,11H,2-4,7H2,1H3,(H2,15,22)(H,17,18,19,20)/t11-/m0/s1. The van der Waals surface area contributed by atoms with E-state index in [1.807, 2.05) is 6.92 Å². The summed E-state index contributed by atoms with van der Waals surface area (Å²) < 4.78 is 5.47. The van der Waals surface area contributed by atoms with Crippen LogP contribution < -0.4 is 5.73 Å². The first-order chi connectivity index (χ1) is 11.1. The molecule has 0 aromatic carbocycles. The van der Waals surface area contributed by atoms with Gasteiger partial charge in [0.15, 0.2) is 11.9 Å². The molecule has 0 unspecified atom stereocenters. The molecule has 0 spiro atoms. The zero-order valence-corrected chi connectivity index (χ0v) is 12.7. The van der Waals surface area contributed by atoms with Gasteiger partial charge in [0.25, 0.3) is 0 Å². The van der Waals surface area contributed by atoms with Crippen LogP contribution in [0.25, 0.3) is 0 Å². The van der Waals surface area contributed by atoms with Gasteiger partial charge in [-0.25, -0.2) is 0 Å². The topological polar surface area (TPSA) is 137 Å². The number of pyridine rings is 1. The summed E-state index contributed by atoms with van der Waals surface area (Å²) in [7, 11) is 0. The van der Waals surface area contributed by atoms with E-state index in [2.05, 4.69) is 25.6 Å². The lowest BCUT2D eigenvalue weighted by molar-refractivity contribution is -0.149. The van der Waals surface area contributed by atoms with Crippen LogP contribution in [-0.2, 0) is 16.0 Å². The second kappa shape index (κ2) is 7.97. The van der Waals surface area contributed by atoms with E-state index in [1.54, 1.807) is 6.07 Å². The lowest BCUT2D eigenvalue weighted by Crippen LogP contribution is -2.17. The minimum atomic E-state index is -0.654. The van der Waals surface area contributed by atoms with E-state index in [9.17, 15) is 9.59 Å². The monoisotopic (exact) mass is 318 g/mol. The Morgan fingerprint density at radius 3 is 2.78 bits per heavy atom. The van der Waals surface area contributed by atoms with E-state index in [0.29, 0.717) is 17.9 Å². The number of carbonyl (C=O) groups excluding carboxylic acids is 2. The molecule has 0 saturated heterocycles. The van der Waals surface area contributed by atoms with Gasteiger partial charge in [0.2, 0.25) is 5.91 Å². The smallest absolute Gasteiger partial charge is 0.306 e. The third kappa shape index (κ3) is 4.83. The van der Waals surface area contributed by atoms with Crippen LogP contribution >= 0.6 is 0 Å². The molecule has 0 aliphatic heterocycles. The van der Waals surface area contributed by atoms with Crippen molar-refractivity contribution in [2.24, 2.45) is 5.73 Å². The van der Waals surface area contributed by atoms with E-state index in [4.69, 9.17) is 10.5 Å². The molecule has 2 heterocycles. The van der Waals surface area contributed by atoms with Crippen molar-refractivity contribution in [3.8, 4) is 0 Å². The zero-order chi connectivity index (χ0) is 16.7. The molecule has 0 saturated carbocycles. The number of amides is 1. The van der Waals surface area contributed by atoms with E-state index in [1.165, 1.54) is 12.3 Å². The predicted octanol–water partition coefficient (Wildman–Crippen LogP) is 0.711. The molecule has 2 rings (SSSR count). The second-order valence-electron chi connectivity index (χ2n) is 4.95. The number of tetrazole rings is 1. The molecule has 0 bridgehead atoms. The fourth-order valence-electron chi connectivity index (χ4n) is 1.92. The number of unbranched alkanes of at least 4 members (excludes halogenated alkanes) is 1. The number of hydrogen-bond donors (Lipinski definition) is 2. The number of H-pyrrole nitrogens is 1. The molecular weight excluding hydrogens is 300 g/mol. The molecule has 122 valence electrons. The number of aromatic nitrogens is 5. The first-order valence-electron chi connectivity index (χ1n) is 7.27. The van der Waals surface area contributed by atoms with Crippen molar-refractivity contribution >= 4 is 11.9 Å². The maximum absolute atomic E-state index is 11.9. The Balaban J connectivity index is 2.14. The summed E-state index contributed by atoms with van der Waals surface area (Å²) in [6, 6.07) is 3.13. The number of esters is 1. The molecule has 0 aliphatic rings. The second-order valence-corrected chi connectivity index (χ2v) is 4.95. The number of nitrogens with zero attached hydrogens (tertiary/aromatic N) is 4. The lowest BCUT2D eigenvalue weighted by Gasteiger charge is -2.16. The molecule has 23 heavy (non-hydrogen) atoms. The minimum Gasteiger partial charge on any atom is -0.455 e. The Kier molecular flexibility index (Phi) is 5.73. The molecule has 2 aromatic heterocycles. The van der Waals surface area contributed by atoms with Gasteiger partial charge in [-0.15, -0.1) is 10.2 Å². The lowest BCUT2D eigenvalue weighted by atomic mass is 10.1. The average molecular weight is 318 g/mol. The van der Waals surface area contributed by atoms with Crippen LogP contribution in [-0.4, -0.2) is 37.5 Å². The van der Waals surface area contributed by atoms with Crippen LogP contribution in [0.15, 0.2) is 18.3 Å². The number of nitrogens with two attached hydrogens (primary N) is 1. The van der Waals surface area contributed by atoms with Crippen molar-refractivity contribution in [1.82, 2.24) is 25.6 Å². The van der Waals surface area contributed by atoms with Crippen molar-refractivity contribution in [2.45, 2.75) is 38.7 Å². The van der Waals surface area contributed by atoms with Crippen LogP contribution in [0.4, 0.5) is 0 Å². The van der Waals surface area contributed by atoms with Crippen molar-refractivity contribution in [3.05, 3.63) is 35.4 Å². The highest BCUT2D eigenvalue weighted by Crippen LogP contribution is 2.20. The average Bonchev–Trinajstić information content (AvgIpc) is 3.05. The van der Waals surface area contributed by atoms with Crippen LogP contribution in [0.2, 0.25) is 0 Å². The summed E-state index contributed by atoms with van der Waals surface area (Å²) >= 11 is 0. The highest BCUT2D eigenvalue weighted by Gasteiger charge is 2.21. The molecule has 0 fully saturated rings. The number of primary amides is 1. The van der Waals surface area contributed by atoms with E-state index < -0.39 is 12.0 Å². The summed E-state index contributed by atoms with van der Waals surface area (Å²) in [5.74, 6) is -0.487. The summed E-state index contributed by atoms with van der Waals surface area (Å²) in [5, 5.41) is 13.5. The van der Waals surface area contributed by atoms with Gasteiger partial charge in [0.05, 0.1) is 17.7 Å². The van der Waals surface area contributed by atoms with E-state index >= 15 is 0 Å². The largest absolute Gasteiger partial charge is 0.455 e. The molecule has 3 N–H and O–H groups in total. The zero-order valence-electron chi connectivity index (χ0n) is 12.7. The Morgan fingerprint density at radius 1 is 1.39 bits per heavy atom. The highest BCUT2D eigenvalue weighted by atomic mass is 16.5. The summed E-state index contributed by atoms with van der Waals surface area (Å²) in [4.78, 5) is 27.1. The van der Waals surface area contributed by atoms with Crippen LogP contribution in [0, 0.1) is 0 Å². The van der Waals surface area contributed by atoms with Gasteiger partial charge < -0.3 is 10.5 Å². The molecule has 9 heteroatoms. The third-order valence-electron chi connectivity index (χ3n) is 3.17. The molecule has 2 aromatic rings. The number of carbonyl (C=O) groups is 2. The summed E-state index contributed by atoms with van der Waals surface area (Å²) in [5.41, 5.74) is 5.96. The first kappa shape index (κ1) is 16.5. The number of ether oxygens (including phenoxy) is 1. The Bertz CT molecular complexity index is 641. The van der Waals surface area contributed by atoms with Gasteiger partial charge in [0.1, 0.15) is 0 Å². The van der Waals surface area contributed by atoms with E-state index in [-0.39, 0.29) is 18.0 Å². The van der Waals surface area contributed by atoms with Gasteiger partial charge >= 0.3 is 5.97 Å². The fourth-order valence-corrected chi connectivity index (χ4v) is 1.92. The first-order valence-corrected chi connectivity index (χ1v) is 7.27. The van der Waals surface area contributed by atoms with E-state index in [0.717, 1.165) is 12.8 Å². The van der Waals surface area contributed by atoms with Crippen molar-refractivity contribution < 1.29 is 14.3 Å². The van der Waals surface area contributed by atoms with Crippen molar-refractivity contribution in [3.63, 3.8) is 0 Å². The SMILES string of the molecule is CCCCC(=O)O[C@@H](Cc1nn[nH]n1)c1ccc(C(N)=O)cn1. The maximum atomic E-state index is 11.9. The molecule has 1 amide bonds. The molecule has 0 radical (unpaired) electrons. The number of hydrogen-bond acceptors (Lipinski definition) is 7. The number of nitrogens with one attached hydrogen (secondary N) is 1. The van der Waals surface area contributed by atoms with Crippen LogP contribution in [0.3, 0.4) is 0 Å². The van der Waals surface area contributed by atoms with Gasteiger partial charge in [-0.1, -0.05) is 18.6 Å². The van der Waals surface area contributed by atoms with Crippen LogP contribution in [0.5, 0.6) is 0 Å². The van der Waals surface area contributed by atoms with Gasteiger partial charge in [-0.05, 0) is 18.6 Å². The normalized spacial score (nSPS) is 11.9. The molecule has 9 nitrogen and oxygen atoms in total. The predicted molar refractivity (Wildman–Crippen MR) is 79.0 cm³/mol. The fraction of sp³-hybridized carbons (Fsp3) is 0.429. The molecular formula is C14H18N6O3. The quantitative estimate of drug-likeness (QED) is 0.684. The van der Waals surface area contributed by atoms with Gasteiger partial charge in [-0.2, -0.15) is 5.21 Å². The summed E-state index contributed by atoms with van der Waals surface area (Å²) in [6.45, 7) is 1.99. The molecule has 0 aliphatic carbocycles. The van der Waals surface area contributed by atoms with Gasteiger partial charge in [0, 0.05) is 12.6 Å². The van der Waals surface area contributed by atoms with Crippen molar-refractivity contribution in [1.29, 1.82) is 0 Å². The third-order valence-corrected chi connectivity index (χ3v) is 3.17. The minimum absolute atomic E-state index is 0.233. The van der Waals surface area contributed by atoms with Crippen molar-refractivity contribution in [2.75, 3.05) is 0 Å². The van der Waals surface area contributed by atoms with Gasteiger partial charge in [-0.3, -0.25) is 14.6 Å². The Hall–Kier alpha value is -2.84. The van der Waals surface area contributed by atoms with Crippen LogP contribution in [0.1, 0.15) is 54.2 Å². The molecule has 1 atom stereocenters.